The second-order valence-corrected chi connectivity index (χ2v) is 5.26. The van der Waals surface area contributed by atoms with Gasteiger partial charge < -0.3 is 25.4 Å². The SMILES string of the molecule is COc1ccc(-c2cnc(N)nc2-c2c(O)cc(OC)cc2O)cc1. The third kappa shape index (κ3) is 3.12. The van der Waals surface area contributed by atoms with Crippen molar-refractivity contribution in [3.8, 4) is 45.4 Å². The lowest BCUT2D eigenvalue weighted by Gasteiger charge is -2.13. The molecule has 7 nitrogen and oxygen atoms in total. The zero-order valence-electron chi connectivity index (χ0n) is 13.7. The van der Waals surface area contributed by atoms with Gasteiger partial charge >= 0.3 is 0 Å². The van der Waals surface area contributed by atoms with Crippen LogP contribution in [0.25, 0.3) is 22.4 Å². The minimum atomic E-state index is -0.176. The Hall–Kier alpha value is -3.48. The van der Waals surface area contributed by atoms with Crippen molar-refractivity contribution >= 4 is 5.95 Å². The molecular formula is C18H17N3O4. The molecule has 0 radical (unpaired) electrons. The Morgan fingerprint density at radius 3 is 2.08 bits per heavy atom. The summed E-state index contributed by atoms with van der Waals surface area (Å²) >= 11 is 0. The molecule has 128 valence electrons. The molecule has 0 spiro atoms. The molecular weight excluding hydrogens is 322 g/mol. The highest BCUT2D eigenvalue weighted by molar-refractivity contribution is 5.87. The Labute approximate surface area is 144 Å². The lowest BCUT2D eigenvalue weighted by Crippen LogP contribution is -1.99. The van der Waals surface area contributed by atoms with E-state index in [9.17, 15) is 10.2 Å². The molecule has 1 aromatic heterocycles. The maximum absolute atomic E-state index is 10.3. The van der Waals surface area contributed by atoms with E-state index in [1.165, 1.54) is 19.2 Å². The smallest absolute Gasteiger partial charge is 0.220 e. The number of hydrogen-bond donors (Lipinski definition) is 3. The van der Waals surface area contributed by atoms with E-state index in [0.29, 0.717) is 22.8 Å². The quantitative estimate of drug-likeness (QED) is 0.670. The minimum Gasteiger partial charge on any atom is -0.507 e. The lowest BCUT2D eigenvalue weighted by molar-refractivity contribution is 0.399. The van der Waals surface area contributed by atoms with Crippen molar-refractivity contribution in [2.24, 2.45) is 0 Å². The first-order valence-corrected chi connectivity index (χ1v) is 7.40. The van der Waals surface area contributed by atoms with E-state index in [4.69, 9.17) is 15.2 Å². The van der Waals surface area contributed by atoms with Crippen molar-refractivity contribution in [2.45, 2.75) is 0 Å². The van der Waals surface area contributed by atoms with E-state index in [-0.39, 0.29) is 23.0 Å². The Kier molecular flexibility index (Phi) is 4.30. The summed E-state index contributed by atoms with van der Waals surface area (Å²) in [7, 11) is 3.03. The highest BCUT2D eigenvalue weighted by Crippen LogP contribution is 2.43. The molecule has 2 aromatic carbocycles. The molecule has 0 aliphatic carbocycles. The van der Waals surface area contributed by atoms with Crippen molar-refractivity contribution in [1.29, 1.82) is 0 Å². The first kappa shape index (κ1) is 16.4. The fraction of sp³-hybridized carbons (Fsp3) is 0.111. The van der Waals surface area contributed by atoms with Gasteiger partial charge in [-0.3, -0.25) is 0 Å². The number of nitrogen functional groups attached to an aromatic ring is 1. The molecule has 0 aliphatic heterocycles. The normalized spacial score (nSPS) is 10.5. The molecule has 0 aliphatic rings. The highest BCUT2D eigenvalue weighted by atomic mass is 16.5. The van der Waals surface area contributed by atoms with Gasteiger partial charge in [0.1, 0.15) is 23.0 Å². The van der Waals surface area contributed by atoms with Gasteiger partial charge in [0.15, 0.2) is 0 Å². The zero-order valence-corrected chi connectivity index (χ0v) is 13.7. The van der Waals surface area contributed by atoms with Gasteiger partial charge in [0, 0.05) is 23.9 Å². The molecule has 7 heteroatoms. The van der Waals surface area contributed by atoms with Crippen molar-refractivity contribution < 1.29 is 19.7 Å². The standard InChI is InChI=1S/C18H17N3O4/c1-24-11-5-3-10(4-6-11)13-9-20-18(19)21-17(13)16-14(22)7-12(25-2)8-15(16)23/h3-9,22-23H,1-2H3,(H2,19,20,21). The first-order valence-electron chi connectivity index (χ1n) is 7.40. The van der Waals surface area contributed by atoms with Gasteiger partial charge in [-0.15, -0.1) is 0 Å². The predicted octanol–water partition coefficient (Wildman–Crippen LogP) is 2.82. The Bertz CT molecular complexity index is 888. The molecule has 0 unspecified atom stereocenters. The minimum absolute atomic E-state index is 0.0295. The first-order chi connectivity index (χ1) is 12.0. The van der Waals surface area contributed by atoms with Gasteiger partial charge in [0.2, 0.25) is 5.95 Å². The molecule has 3 rings (SSSR count). The van der Waals surface area contributed by atoms with Gasteiger partial charge in [-0.05, 0) is 17.7 Å². The van der Waals surface area contributed by atoms with Crippen LogP contribution >= 0.6 is 0 Å². The van der Waals surface area contributed by atoms with E-state index in [2.05, 4.69) is 9.97 Å². The summed E-state index contributed by atoms with van der Waals surface area (Å²) in [6.45, 7) is 0. The number of aromatic hydroxyl groups is 2. The van der Waals surface area contributed by atoms with Crippen molar-refractivity contribution in [1.82, 2.24) is 9.97 Å². The van der Waals surface area contributed by atoms with Crippen molar-refractivity contribution in [3.05, 3.63) is 42.6 Å². The number of hydrogen-bond acceptors (Lipinski definition) is 7. The number of anilines is 1. The third-order valence-electron chi connectivity index (χ3n) is 3.75. The summed E-state index contributed by atoms with van der Waals surface area (Å²) in [4.78, 5) is 8.24. The van der Waals surface area contributed by atoms with Crippen LogP contribution in [0.5, 0.6) is 23.0 Å². The van der Waals surface area contributed by atoms with Crippen molar-refractivity contribution in [2.75, 3.05) is 20.0 Å². The van der Waals surface area contributed by atoms with Crippen LogP contribution < -0.4 is 15.2 Å². The molecule has 4 N–H and O–H groups in total. The van der Waals surface area contributed by atoms with E-state index in [1.54, 1.807) is 25.4 Å². The number of ether oxygens (including phenoxy) is 2. The summed E-state index contributed by atoms with van der Waals surface area (Å²) in [6, 6.07) is 10.0. The average Bonchev–Trinajstić information content (AvgIpc) is 2.61. The molecule has 0 saturated heterocycles. The van der Waals surface area contributed by atoms with Crippen LogP contribution in [-0.4, -0.2) is 34.4 Å². The second-order valence-electron chi connectivity index (χ2n) is 5.26. The monoisotopic (exact) mass is 339 g/mol. The molecule has 3 aromatic rings. The molecule has 0 bridgehead atoms. The highest BCUT2D eigenvalue weighted by Gasteiger charge is 2.19. The summed E-state index contributed by atoms with van der Waals surface area (Å²) in [5.74, 6) is 0.708. The second kappa shape index (κ2) is 6.56. The topological polar surface area (TPSA) is 111 Å². The van der Waals surface area contributed by atoms with Gasteiger partial charge in [0.05, 0.1) is 25.5 Å². The maximum atomic E-state index is 10.3. The average molecular weight is 339 g/mol. The van der Waals surface area contributed by atoms with Crippen LogP contribution in [0.1, 0.15) is 0 Å². The molecule has 0 fully saturated rings. The van der Waals surface area contributed by atoms with Gasteiger partial charge in [-0.25, -0.2) is 9.97 Å². The van der Waals surface area contributed by atoms with Gasteiger partial charge in [-0.2, -0.15) is 0 Å². The van der Waals surface area contributed by atoms with Crippen LogP contribution in [0.4, 0.5) is 5.95 Å². The van der Waals surface area contributed by atoms with Crippen LogP contribution in [0.3, 0.4) is 0 Å². The number of benzene rings is 2. The number of phenolic OH excluding ortho intramolecular Hbond substituents is 2. The number of methoxy groups -OCH3 is 2. The zero-order chi connectivity index (χ0) is 18.0. The third-order valence-corrected chi connectivity index (χ3v) is 3.75. The summed E-state index contributed by atoms with van der Waals surface area (Å²) in [5, 5.41) is 20.7. The summed E-state index contributed by atoms with van der Waals surface area (Å²) in [6.07, 6.45) is 1.54. The maximum Gasteiger partial charge on any atom is 0.220 e. The number of nitrogens with two attached hydrogens (primary N) is 1. The molecule has 0 saturated carbocycles. The fourth-order valence-corrected chi connectivity index (χ4v) is 2.52. The largest absolute Gasteiger partial charge is 0.507 e. The van der Waals surface area contributed by atoms with E-state index in [0.717, 1.165) is 5.56 Å². The lowest BCUT2D eigenvalue weighted by atomic mass is 9.99. The Morgan fingerprint density at radius 2 is 1.52 bits per heavy atom. The van der Waals surface area contributed by atoms with Crippen LogP contribution in [-0.2, 0) is 0 Å². The fourth-order valence-electron chi connectivity index (χ4n) is 2.52. The number of phenols is 2. The summed E-state index contributed by atoms with van der Waals surface area (Å²) in [5.41, 5.74) is 7.57. The Morgan fingerprint density at radius 1 is 0.920 bits per heavy atom. The Balaban J connectivity index is 2.21. The molecule has 25 heavy (non-hydrogen) atoms. The number of aromatic nitrogens is 2. The molecule has 0 atom stereocenters. The molecule has 0 amide bonds. The summed E-state index contributed by atoms with van der Waals surface area (Å²) < 4.78 is 10.2. The van der Waals surface area contributed by atoms with Crippen LogP contribution in [0, 0.1) is 0 Å². The van der Waals surface area contributed by atoms with E-state index < -0.39 is 0 Å². The van der Waals surface area contributed by atoms with Crippen molar-refractivity contribution in [3.63, 3.8) is 0 Å². The van der Waals surface area contributed by atoms with Crippen LogP contribution in [0.2, 0.25) is 0 Å². The van der Waals surface area contributed by atoms with Gasteiger partial charge in [0.25, 0.3) is 0 Å². The molecule has 1 heterocycles. The van der Waals surface area contributed by atoms with Crippen LogP contribution in [0.15, 0.2) is 42.6 Å². The van der Waals surface area contributed by atoms with Gasteiger partial charge in [-0.1, -0.05) is 12.1 Å². The van der Waals surface area contributed by atoms with E-state index in [1.807, 2.05) is 12.1 Å². The number of nitrogens with zero attached hydrogens (tertiary/aromatic N) is 2. The van der Waals surface area contributed by atoms with E-state index >= 15 is 0 Å². The predicted molar refractivity (Wildman–Crippen MR) is 93.8 cm³/mol. The number of rotatable bonds is 4.